The molecule has 0 aliphatic heterocycles. The van der Waals surface area contributed by atoms with Crippen LogP contribution < -0.4 is 14.8 Å². The summed E-state index contributed by atoms with van der Waals surface area (Å²) in [6.45, 7) is 1.96. The number of carbonyl (C=O) groups is 1. The highest BCUT2D eigenvalue weighted by atomic mass is 16.5. The van der Waals surface area contributed by atoms with Gasteiger partial charge in [-0.1, -0.05) is 12.1 Å². The number of nitrogens with one attached hydrogen (secondary N) is 1. The zero-order valence-electron chi connectivity index (χ0n) is 14.8. The number of carbonyl (C=O) groups excluding carboxylic acids is 1. The van der Waals surface area contributed by atoms with Crippen molar-refractivity contribution in [2.24, 2.45) is 0 Å². The highest BCUT2D eigenvalue weighted by Gasteiger charge is 2.11. The predicted molar refractivity (Wildman–Crippen MR) is 96.6 cm³/mol. The Morgan fingerprint density at radius 1 is 1.08 bits per heavy atom. The predicted octanol–water partition coefficient (Wildman–Crippen LogP) is 3.57. The van der Waals surface area contributed by atoms with Crippen LogP contribution in [0.25, 0.3) is 11.5 Å². The van der Waals surface area contributed by atoms with E-state index in [1.54, 1.807) is 30.3 Å². The van der Waals surface area contributed by atoms with Crippen LogP contribution in [0.15, 0.2) is 47.0 Å². The number of anilines is 1. The molecule has 1 amide bonds. The maximum atomic E-state index is 12.5. The minimum Gasteiger partial charge on any atom is -0.497 e. The zero-order chi connectivity index (χ0) is 18.5. The number of aryl methyl sites for hydroxylation is 1. The Hall–Kier alpha value is -3.35. The lowest BCUT2D eigenvalue weighted by molar-refractivity contribution is 0.102. The van der Waals surface area contributed by atoms with Crippen LogP contribution in [0.3, 0.4) is 0 Å². The van der Waals surface area contributed by atoms with Crippen molar-refractivity contribution in [1.82, 2.24) is 10.1 Å². The average molecular weight is 353 g/mol. The van der Waals surface area contributed by atoms with Crippen LogP contribution in [0.1, 0.15) is 23.1 Å². The summed E-state index contributed by atoms with van der Waals surface area (Å²) in [5.41, 5.74) is 1.88. The van der Waals surface area contributed by atoms with Gasteiger partial charge in [0, 0.05) is 29.3 Å². The molecule has 134 valence electrons. The molecule has 0 aliphatic carbocycles. The summed E-state index contributed by atoms with van der Waals surface area (Å²) in [7, 11) is 3.08. The van der Waals surface area contributed by atoms with Gasteiger partial charge in [-0.3, -0.25) is 4.79 Å². The number of hydrogen-bond acceptors (Lipinski definition) is 6. The molecular formula is C19H19N3O4. The average Bonchev–Trinajstić information content (AvgIpc) is 3.17. The molecule has 0 atom stereocenters. The molecule has 1 aromatic heterocycles. The lowest BCUT2D eigenvalue weighted by Crippen LogP contribution is -2.12. The lowest BCUT2D eigenvalue weighted by atomic mass is 10.1. The minimum absolute atomic E-state index is 0.263. The number of ether oxygens (including phenoxy) is 2. The minimum atomic E-state index is -0.263. The van der Waals surface area contributed by atoms with E-state index in [1.807, 2.05) is 19.1 Å². The van der Waals surface area contributed by atoms with Crippen LogP contribution in [0.2, 0.25) is 0 Å². The Bertz CT molecular complexity index is 881. The molecule has 0 saturated heterocycles. The zero-order valence-corrected chi connectivity index (χ0v) is 14.8. The van der Waals surface area contributed by atoms with E-state index in [1.165, 1.54) is 14.2 Å². The first-order valence-electron chi connectivity index (χ1n) is 8.10. The largest absolute Gasteiger partial charge is 0.497 e. The van der Waals surface area contributed by atoms with Crippen LogP contribution in [0, 0.1) is 0 Å². The Morgan fingerprint density at radius 3 is 2.27 bits per heavy atom. The van der Waals surface area contributed by atoms with Gasteiger partial charge in [0.25, 0.3) is 11.8 Å². The molecule has 0 unspecified atom stereocenters. The van der Waals surface area contributed by atoms with Crippen molar-refractivity contribution in [2.45, 2.75) is 13.3 Å². The molecule has 1 heterocycles. The standard InChI is InChI=1S/C19H19N3O4/c1-4-17-21-19(26-22-17)12-5-7-14(8-6-12)20-18(23)13-9-15(24-2)11-16(10-13)25-3/h5-11H,4H2,1-3H3,(H,20,23). The Kier molecular flexibility index (Phi) is 5.17. The summed E-state index contributed by atoms with van der Waals surface area (Å²) < 4.78 is 15.6. The van der Waals surface area contributed by atoms with Crippen molar-refractivity contribution in [1.29, 1.82) is 0 Å². The fourth-order valence-electron chi connectivity index (χ4n) is 2.35. The summed E-state index contributed by atoms with van der Waals surface area (Å²) in [5, 5.41) is 6.71. The summed E-state index contributed by atoms with van der Waals surface area (Å²) in [5.74, 6) is 1.95. The molecule has 3 rings (SSSR count). The number of hydrogen-bond donors (Lipinski definition) is 1. The number of aromatic nitrogens is 2. The molecule has 0 radical (unpaired) electrons. The maximum Gasteiger partial charge on any atom is 0.257 e. The van der Waals surface area contributed by atoms with Gasteiger partial charge >= 0.3 is 0 Å². The maximum absolute atomic E-state index is 12.5. The van der Waals surface area contributed by atoms with Crippen molar-refractivity contribution in [3.8, 4) is 23.0 Å². The Morgan fingerprint density at radius 2 is 1.73 bits per heavy atom. The normalized spacial score (nSPS) is 10.4. The molecule has 26 heavy (non-hydrogen) atoms. The summed E-state index contributed by atoms with van der Waals surface area (Å²) in [6, 6.07) is 12.2. The smallest absolute Gasteiger partial charge is 0.257 e. The second-order valence-electron chi connectivity index (χ2n) is 5.50. The first-order valence-corrected chi connectivity index (χ1v) is 8.10. The van der Waals surface area contributed by atoms with Gasteiger partial charge in [-0.05, 0) is 36.4 Å². The van der Waals surface area contributed by atoms with Gasteiger partial charge in [0.1, 0.15) is 11.5 Å². The molecule has 0 fully saturated rings. The van der Waals surface area contributed by atoms with E-state index >= 15 is 0 Å². The fourth-order valence-corrected chi connectivity index (χ4v) is 2.35. The first-order chi connectivity index (χ1) is 12.6. The van der Waals surface area contributed by atoms with Crippen molar-refractivity contribution < 1.29 is 18.8 Å². The molecule has 1 N–H and O–H groups in total. The molecular weight excluding hydrogens is 334 g/mol. The second kappa shape index (κ2) is 7.69. The van der Waals surface area contributed by atoms with Crippen LogP contribution in [-0.4, -0.2) is 30.3 Å². The van der Waals surface area contributed by atoms with Crippen molar-refractivity contribution in [2.75, 3.05) is 19.5 Å². The molecule has 0 bridgehead atoms. The van der Waals surface area contributed by atoms with Gasteiger partial charge in [0.15, 0.2) is 5.82 Å². The van der Waals surface area contributed by atoms with Gasteiger partial charge < -0.3 is 19.3 Å². The van der Waals surface area contributed by atoms with Crippen LogP contribution in [0.5, 0.6) is 11.5 Å². The number of rotatable bonds is 6. The fraction of sp³-hybridized carbons (Fsp3) is 0.211. The Labute approximate surface area is 150 Å². The van der Waals surface area contributed by atoms with Crippen LogP contribution in [-0.2, 0) is 6.42 Å². The molecule has 7 nitrogen and oxygen atoms in total. The van der Waals surface area contributed by atoms with Crippen LogP contribution >= 0.6 is 0 Å². The number of benzene rings is 2. The summed E-state index contributed by atoms with van der Waals surface area (Å²) in [6.07, 6.45) is 0.710. The van der Waals surface area contributed by atoms with E-state index in [0.29, 0.717) is 40.9 Å². The number of methoxy groups -OCH3 is 2. The van der Waals surface area contributed by atoms with E-state index in [9.17, 15) is 4.79 Å². The van der Waals surface area contributed by atoms with Gasteiger partial charge in [-0.25, -0.2) is 0 Å². The molecule has 0 spiro atoms. The SMILES string of the molecule is CCc1noc(-c2ccc(NC(=O)c3cc(OC)cc(OC)c3)cc2)n1. The molecule has 7 heteroatoms. The molecule has 0 aliphatic rings. The topological polar surface area (TPSA) is 86.5 Å². The summed E-state index contributed by atoms with van der Waals surface area (Å²) >= 11 is 0. The van der Waals surface area contributed by atoms with Crippen molar-refractivity contribution in [3.63, 3.8) is 0 Å². The van der Waals surface area contributed by atoms with E-state index in [4.69, 9.17) is 14.0 Å². The first kappa shape index (κ1) is 17.5. The molecule has 2 aromatic carbocycles. The van der Waals surface area contributed by atoms with E-state index in [2.05, 4.69) is 15.5 Å². The van der Waals surface area contributed by atoms with E-state index in [0.717, 1.165) is 5.56 Å². The van der Waals surface area contributed by atoms with Crippen molar-refractivity contribution in [3.05, 3.63) is 53.9 Å². The highest BCUT2D eigenvalue weighted by Crippen LogP contribution is 2.24. The molecule has 0 saturated carbocycles. The van der Waals surface area contributed by atoms with E-state index < -0.39 is 0 Å². The number of amides is 1. The van der Waals surface area contributed by atoms with Gasteiger partial charge in [-0.2, -0.15) is 4.98 Å². The number of nitrogens with zero attached hydrogens (tertiary/aromatic N) is 2. The monoisotopic (exact) mass is 353 g/mol. The third-order valence-electron chi connectivity index (χ3n) is 3.79. The van der Waals surface area contributed by atoms with Crippen molar-refractivity contribution >= 4 is 11.6 Å². The van der Waals surface area contributed by atoms with Gasteiger partial charge in [-0.15, -0.1) is 0 Å². The third kappa shape index (κ3) is 3.83. The second-order valence-corrected chi connectivity index (χ2v) is 5.50. The Balaban J connectivity index is 1.75. The van der Waals surface area contributed by atoms with Gasteiger partial charge in [0.05, 0.1) is 14.2 Å². The summed E-state index contributed by atoms with van der Waals surface area (Å²) in [4.78, 5) is 16.8. The third-order valence-corrected chi connectivity index (χ3v) is 3.79. The molecule has 3 aromatic rings. The highest BCUT2D eigenvalue weighted by molar-refractivity contribution is 6.04. The quantitative estimate of drug-likeness (QED) is 0.729. The van der Waals surface area contributed by atoms with Crippen LogP contribution in [0.4, 0.5) is 5.69 Å². The van der Waals surface area contributed by atoms with Gasteiger partial charge in [0.2, 0.25) is 0 Å². The van der Waals surface area contributed by atoms with E-state index in [-0.39, 0.29) is 5.91 Å². The lowest BCUT2D eigenvalue weighted by Gasteiger charge is -2.09.